The summed E-state index contributed by atoms with van der Waals surface area (Å²) in [7, 11) is 0. The van der Waals surface area contributed by atoms with Crippen LogP contribution in [0.25, 0.3) is 0 Å². The molecule has 0 atom stereocenters. The van der Waals surface area contributed by atoms with E-state index in [4.69, 9.17) is 5.26 Å². The van der Waals surface area contributed by atoms with E-state index in [1.54, 1.807) is 0 Å². The van der Waals surface area contributed by atoms with Crippen molar-refractivity contribution in [2.24, 2.45) is 0 Å². The zero-order chi connectivity index (χ0) is 19.6. The average Bonchev–Trinajstić information content (AvgIpc) is 2.94. The Morgan fingerprint density at radius 2 is 1.64 bits per heavy atom. The monoisotopic (exact) mass is 376 g/mol. The van der Waals surface area contributed by atoms with Crippen LogP contribution in [-0.2, 0) is 17.8 Å². The Bertz CT molecular complexity index is 782. The first-order chi connectivity index (χ1) is 13.7. The molecule has 0 unspecified atom stereocenters. The molecular weight excluding hydrogens is 348 g/mol. The summed E-state index contributed by atoms with van der Waals surface area (Å²) in [6.45, 7) is 5.89. The summed E-state index contributed by atoms with van der Waals surface area (Å²) in [5.74, 6) is 0.108. The number of hydrogen-bond donors (Lipinski definition) is 1. The summed E-state index contributed by atoms with van der Waals surface area (Å²) in [4.78, 5) is 16.9. The third-order valence-corrected chi connectivity index (χ3v) is 5.12. The minimum atomic E-state index is 0.108. The van der Waals surface area contributed by atoms with Crippen molar-refractivity contribution in [1.82, 2.24) is 15.1 Å². The third kappa shape index (κ3) is 6.49. The Labute approximate surface area is 167 Å². The number of carbonyl (C=O) groups is 1. The Kier molecular flexibility index (Phi) is 7.60. The molecule has 1 N–H and O–H groups in total. The molecule has 1 aliphatic rings. The Balaban J connectivity index is 1.38. The van der Waals surface area contributed by atoms with E-state index in [-0.39, 0.29) is 5.91 Å². The molecule has 0 bridgehead atoms. The first kappa shape index (κ1) is 20.1. The van der Waals surface area contributed by atoms with Crippen LogP contribution in [0.1, 0.15) is 23.1 Å². The summed E-state index contributed by atoms with van der Waals surface area (Å²) < 4.78 is 0. The minimum Gasteiger partial charge on any atom is -0.355 e. The molecule has 0 aromatic heterocycles. The van der Waals surface area contributed by atoms with Gasteiger partial charge in [0.1, 0.15) is 0 Å². The largest absolute Gasteiger partial charge is 0.355 e. The molecule has 1 fully saturated rings. The molecule has 3 rings (SSSR count). The second-order valence-corrected chi connectivity index (χ2v) is 7.30. The summed E-state index contributed by atoms with van der Waals surface area (Å²) >= 11 is 0. The highest BCUT2D eigenvalue weighted by Crippen LogP contribution is 2.10. The van der Waals surface area contributed by atoms with Gasteiger partial charge >= 0.3 is 0 Å². The maximum Gasteiger partial charge on any atom is 0.234 e. The first-order valence-corrected chi connectivity index (χ1v) is 9.97. The maximum absolute atomic E-state index is 12.3. The summed E-state index contributed by atoms with van der Waals surface area (Å²) in [5, 5.41) is 11.9. The van der Waals surface area contributed by atoms with E-state index in [0.29, 0.717) is 18.7 Å². The number of nitriles is 1. The highest BCUT2D eigenvalue weighted by molar-refractivity contribution is 5.78. The molecule has 146 valence electrons. The van der Waals surface area contributed by atoms with Gasteiger partial charge in [0, 0.05) is 26.2 Å². The van der Waals surface area contributed by atoms with E-state index in [9.17, 15) is 4.79 Å². The number of hydrogen-bond acceptors (Lipinski definition) is 4. The van der Waals surface area contributed by atoms with Crippen LogP contribution in [0.4, 0.5) is 0 Å². The number of amides is 1. The molecule has 5 heteroatoms. The number of nitrogens with one attached hydrogen (secondary N) is 1. The lowest BCUT2D eigenvalue weighted by Crippen LogP contribution is -2.39. The molecule has 0 saturated carbocycles. The predicted octanol–water partition coefficient (Wildman–Crippen LogP) is 2.42. The molecule has 2 aromatic rings. The zero-order valence-electron chi connectivity index (χ0n) is 16.3. The fraction of sp³-hybridized carbons (Fsp3) is 0.391. The SMILES string of the molecule is N#Cc1ccc(CN2CCCN(CC(=O)NCCc3ccccc3)CC2)cc1. The van der Waals surface area contributed by atoms with Crippen LogP contribution < -0.4 is 5.32 Å². The van der Waals surface area contributed by atoms with Crippen molar-refractivity contribution in [2.75, 3.05) is 39.3 Å². The van der Waals surface area contributed by atoms with Crippen LogP contribution in [0.3, 0.4) is 0 Å². The lowest BCUT2D eigenvalue weighted by molar-refractivity contribution is -0.122. The van der Waals surface area contributed by atoms with Crippen molar-refractivity contribution >= 4 is 5.91 Å². The second kappa shape index (κ2) is 10.6. The van der Waals surface area contributed by atoms with Gasteiger partial charge in [-0.2, -0.15) is 5.26 Å². The van der Waals surface area contributed by atoms with Crippen LogP contribution in [0.5, 0.6) is 0 Å². The van der Waals surface area contributed by atoms with Crippen LogP contribution in [0.2, 0.25) is 0 Å². The summed E-state index contributed by atoms with van der Waals surface area (Å²) in [5.41, 5.74) is 3.17. The van der Waals surface area contributed by atoms with E-state index in [0.717, 1.165) is 45.6 Å². The smallest absolute Gasteiger partial charge is 0.234 e. The van der Waals surface area contributed by atoms with Gasteiger partial charge in [-0.15, -0.1) is 0 Å². The van der Waals surface area contributed by atoms with Gasteiger partial charge < -0.3 is 5.32 Å². The molecule has 1 heterocycles. The van der Waals surface area contributed by atoms with Crippen molar-refractivity contribution in [2.45, 2.75) is 19.4 Å². The van der Waals surface area contributed by atoms with Crippen LogP contribution in [0, 0.1) is 11.3 Å². The van der Waals surface area contributed by atoms with Crippen molar-refractivity contribution in [1.29, 1.82) is 5.26 Å². The number of carbonyl (C=O) groups excluding carboxylic acids is 1. The molecule has 0 radical (unpaired) electrons. The number of rotatable bonds is 7. The topological polar surface area (TPSA) is 59.4 Å². The van der Waals surface area contributed by atoms with Crippen LogP contribution in [0.15, 0.2) is 54.6 Å². The zero-order valence-corrected chi connectivity index (χ0v) is 16.3. The molecular formula is C23H28N4O. The summed E-state index contributed by atoms with van der Waals surface area (Å²) in [6, 6.07) is 20.2. The van der Waals surface area contributed by atoms with E-state index >= 15 is 0 Å². The van der Waals surface area contributed by atoms with E-state index in [2.05, 4.69) is 33.3 Å². The van der Waals surface area contributed by atoms with Gasteiger partial charge in [0.15, 0.2) is 0 Å². The van der Waals surface area contributed by atoms with Crippen LogP contribution >= 0.6 is 0 Å². The molecule has 0 aliphatic carbocycles. The van der Waals surface area contributed by atoms with Gasteiger partial charge in [0.05, 0.1) is 18.2 Å². The maximum atomic E-state index is 12.3. The fourth-order valence-electron chi connectivity index (χ4n) is 3.53. The summed E-state index contributed by atoms with van der Waals surface area (Å²) in [6.07, 6.45) is 1.93. The van der Waals surface area contributed by atoms with Crippen molar-refractivity contribution < 1.29 is 4.79 Å². The standard InChI is InChI=1S/C23H28N4O/c24-17-21-7-9-22(10-8-21)18-26-13-4-14-27(16-15-26)19-23(28)25-12-11-20-5-2-1-3-6-20/h1-3,5-10H,4,11-16,18-19H2,(H,25,28). The molecule has 1 aliphatic heterocycles. The first-order valence-electron chi connectivity index (χ1n) is 9.97. The minimum absolute atomic E-state index is 0.108. The highest BCUT2D eigenvalue weighted by Gasteiger charge is 2.17. The van der Waals surface area contributed by atoms with Gasteiger partial charge in [-0.25, -0.2) is 0 Å². The quantitative estimate of drug-likeness (QED) is 0.806. The molecule has 5 nitrogen and oxygen atoms in total. The van der Waals surface area contributed by atoms with Gasteiger partial charge in [-0.1, -0.05) is 42.5 Å². The lowest BCUT2D eigenvalue weighted by atomic mass is 10.1. The van der Waals surface area contributed by atoms with E-state index < -0.39 is 0 Å². The molecule has 28 heavy (non-hydrogen) atoms. The average molecular weight is 377 g/mol. The molecule has 0 spiro atoms. The van der Waals surface area contributed by atoms with Crippen LogP contribution in [-0.4, -0.2) is 55.0 Å². The Hall–Kier alpha value is -2.68. The highest BCUT2D eigenvalue weighted by atomic mass is 16.2. The van der Waals surface area contributed by atoms with Gasteiger partial charge in [0.2, 0.25) is 5.91 Å². The Morgan fingerprint density at radius 1 is 0.929 bits per heavy atom. The predicted molar refractivity (Wildman–Crippen MR) is 111 cm³/mol. The fourth-order valence-corrected chi connectivity index (χ4v) is 3.53. The number of benzene rings is 2. The second-order valence-electron chi connectivity index (χ2n) is 7.30. The normalized spacial score (nSPS) is 15.5. The number of nitrogens with zero attached hydrogens (tertiary/aromatic N) is 3. The Morgan fingerprint density at radius 3 is 2.39 bits per heavy atom. The van der Waals surface area contributed by atoms with E-state index in [1.807, 2.05) is 42.5 Å². The van der Waals surface area contributed by atoms with Gasteiger partial charge in [-0.05, 0) is 49.2 Å². The van der Waals surface area contributed by atoms with Crippen molar-refractivity contribution in [3.8, 4) is 6.07 Å². The molecule has 1 saturated heterocycles. The molecule has 1 amide bonds. The molecule has 2 aromatic carbocycles. The van der Waals surface area contributed by atoms with Crippen molar-refractivity contribution in [3.05, 3.63) is 71.3 Å². The van der Waals surface area contributed by atoms with Crippen molar-refractivity contribution in [3.63, 3.8) is 0 Å². The van der Waals surface area contributed by atoms with Gasteiger partial charge in [-0.3, -0.25) is 14.6 Å². The lowest BCUT2D eigenvalue weighted by Gasteiger charge is -2.21. The van der Waals surface area contributed by atoms with Gasteiger partial charge in [0.25, 0.3) is 0 Å². The third-order valence-electron chi connectivity index (χ3n) is 5.12. The van der Waals surface area contributed by atoms with E-state index in [1.165, 1.54) is 11.1 Å².